The summed E-state index contributed by atoms with van der Waals surface area (Å²) in [6, 6.07) is 21.6. The van der Waals surface area contributed by atoms with Crippen LogP contribution >= 0.6 is 0 Å². The topological polar surface area (TPSA) is 84.6 Å². The lowest BCUT2D eigenvalue weighted by Crippen LogP contribution is -2.11. The third-order valence-corrected chi connectivity index (χ3v) is 6.69. The first-order valence-electron chi connectivity index (χ1n) is 12.0. The Hall–Kier alpha value is -4.79. The lowest BCUT2D eigenvalue weighted by Gasteiger charge is -2.17. The predicted octanol–water partition coefficient (Wildman–Crippen LogP) is 7.41. The number of carboxylic acids is 1. The Morgan fingerprint density at radius 1 is 0.923 bits per heavy atom. The first-order valence-corrected chi connectivity index (χ1v) is 12.0. The van der Waals surface area contributed by atoms with Crippen LogP contribution in [-0.4, -0.2) is 33.1 Å². The zero-order valence-corrected chi connectivity index (χ0v) is 20.9. The number of ether oxygens (including phenoxy) is 1. The molecule has 1 heterocycles. The fourth-order valence-electron chi connectivity index (χ4n) is 4.51. The van der Waals surface area contributed by atoms with E-state index < -0.39 is 23.8 Å². The fourth-order valence-corrected chi connectivity index (χ4v) is 4.51. The molecule has 0 aliphatic carbocycles. The number of fused-ring (bicyclic) bond motifs is 1. The number of rotatable bonds is 6. The molecule has 0 radical (unpaired) electrons. The number of halogens is 3. The number of hydrogen-bond acceptors (Lipinski definition) is 4. The molecule has 0 saturated carbocycles. The minimum atomic E-state index is -4.59. The summed E-state index contributed by atoms with van der Waals surface area (Å²) >= 11 is 0. The summed E-state index contributed by atoms with van der Waals surface area (Å²) in [5.41, 5.74) is 1.45. The highest BCUT2D eigenvalue weighted by Gasteiger charge is 2.31. The second-order valence-electron chi connectivity index (χ2n) is 9.12. The maximum atomic E-state index is 13.4. The number of phenolic OH excluding ortho intramolecular Hbond substituents is 1. The van der Waals surface area contributed by atoms with Crippen molar-refractivity contribution in [2.24, 2.45) is 0 Å². The molecule has 6 nitrogen and oxygen atoms in total. The number of carbonyl (C=O) groups is 1. The lowest BCUT2D eigenvalue weighted by atomic mass is 10.0. The van der Waals surface area contributed by atoms with Gasteiger partial charge in [0.2, 0.25) is 0 Å². The second kappa shape index (κ2) is 9.83. The van der Waals surface area contributed by atoms with Crippen molar-refractivity contribution in [3.05, 3.63) is 102 Å². The predicted molar refractivity (Wildman–Crippen MR) is 141 cm³/mol. The van der Waals surface area contributed by atoms with Gasteiger partial charge in [0.25, 0.3) is 0 Å². The summed E-state index contributed by atoms with van der Waals surface area (Å²) in [4.78, 5) is 11.3. The molecule has 1 atom stereocenters. The van der Waals surface area contributed by atoms with Gasteiger partial charge in [-0.1, -0.05) is 30.3 Å². The van der Waals surface area contributed by atoms with Gasteiger partial charge in [0.1, 0.15) is 11.5 Å². The Kier molecular flexibility index (Phi) is 6.51. The lowest BCUT2D eigenvalue weighted by molar-refractivity contribution is -0.137. The van der Waals surface area contributed by atoms with Crippen molar-refractivity contribution in [3.63, 3.8) is 0 Å². The standard InChI is InChI=1S/C30H23F3N2O4/c1-17(18-3-5-19(6-4-18)29(37)38)35-27(22-8-7-21-14-24(39-2)11-9-20(21)13-22)16-26(34-35)25-15-23(30(31,32)33)10-12-28(25)36/h3-17,36H,1-2H3,(H,37,38). The smallest absolute Gasteiger partial charge is 0.416 e. The number of methoxy groups -OCH3 is 1. The maximum Gasteiger partial charge on any atom is 0.416 e. The van der Waals surface area contributed by atoms with Gasteiger partial charge in [0.05, 0.1) is 35.7 Å². The van der Waals surface area contributed by atoms with E-state index in [4.69, 9.17) is 4.74 Å². The molecule has 2 N–H and O–H groups in total. The quantitative estimate of drug-likeness (QED) is 0.238. The Bertz CT molecular complexity index is 1690. The van der Waals surface area contributed by atoms with Crippen LogP contribution in [-0.2, 0) is 6.18 Å². The van der Waals surface area contributed by atoms with E-state index in [9.17, 15) is 28.2 Å². The molecular weight excluding hydrogens is 509 g/mol. The van der Waals surface area contributed by atoms with Crippen molar-refractivity contribution in [2.45, 2.75) is 19.1 Å². The molecule has 0 aliphatic rings. The van der Waals surface area contributed by atoms with Gasteiger partial charge in [-0.25, -0.2) is 4.79 Å². The average Bonchev–Trinajstić information content (AvgIpc) is 3.37. The summed E-state index contributed by atoms with van der Waals surface area (Å²) in [7, 11) is 1.59. The Morgan fingerprint density at radius 2 is 1.62 bits per heavy atom. The van der Waals surface area contributed by atoms with Crippen LogP contribution in [0.5, 0.6) is 11.5 Å². The van der Waals surface area contributed by atoms with E-state index in [-0.39, 0.29) is 22.6 Å². The Balaban J connectivity index is 1.67. The zero-order chi connectivity index (χ0) is 27.9. The molecule has 4 aromatic carbocycles. The number of benzene rings is 4. The summed E-state index contributed by atoms with van der Waals surface area (Å²) in [6.45, 7) is 1.86. The molecule has 5 rings (SSSR count). The SMILES string of the molecule is COc1ccc2cc(-c3cc(-c4cc(C(F)(F)F)ccc4O)nn3C(C)c3ccc(C(=O)O)cc3)ccc2c1. The number of aromatic hydroxyl groups is 1. The highest BCUT2D eigenvalue weighted by atomic mass is 19.4. The third kappa shape index (κ3) is 5.03. The van der Waals surface area contributed by atoms with Crippen molar-refractivity contribution >= 4 is 16.7 Å². The number of alkyl halides is 3. The number of aromatic carboxylic acids is 1. The maximum absolute atomic E-state index is 13.4. The summed E-state index contributed by atoms with van der Waals surface area (Å²) in [5.74, 6) is -0.673. The molecule has 1 aromatic heterocycles. The van der Waals surface area contributed by atoms with Crippen LogP contribution < -0.4 is 4.74 Å². The minimum Gasteiger partial charge on any atom is -0.507 e. The molecule has 0 fully saturated rings. The van der Waals surface area contributed by atoms with Gasteiger partial charge in [0.15, 0.2) is 0 Å². The molecule has 0 spiro atoms. The highest BCUT2D eigenvalue weighted by Crippen LogP contribution is 2.39. The van der Waals surface area contributed by atoms with Gasteiger partial charge in [-0.05, 0) is 77.9 Å². The molecule has 0 bridgehead atoms. The van der Waals surface area contributed by atoms with Crippen molar-refractivity contribution in [2.75, 3.05) is 7.11 Å². The van der Waals surface area contributed by atoms with Gasteiger partial charge in [-0.3, -0.25) is 4.68 Å². The van der Waals surface area contributed by atoms with Crippen LogP contribution in [0.4, 0.5) is 13.2 Å². The Labute approximate surface area is 221 Å². The van der Waals surface area contributed by atoms with Crippen LogP contribution in [0, 0.1) is 0 Å². The van der Waals surface area contributed by atoms with E-state index in [1.165, 1.54) is 12.1 Å². The fraction of sp³-hybridized carbons (Fsp3) is 0.133. The van der Waals surface area contributed by atoms with Crippen LogP contribution in [0.3, 0.4) is 0 Å². The molecule has 0 amide bonds. The van der Waals surface area contributed by atoms with Crippen molar-refractivity contribution in [1.29, 1.82) is 0 Å². The van der Waals surface area contributed by atoms with Crippen molar-refractivity contribution in [1.82, 2.24) is 9.78 Å². The number of hydrogen-bond donors (Lipinski definition) is 2. The summed E-state index contributed by atoms with van der Waals surface area (Å²) in [6.07, 6.45) is -4.59. The van der Waals surface area contributed by atoms with Gasteiger partial charge in [-0.15, -0.1) is 0 Å². The van der Waals surface area contributed by atoms with Crippen molar-refractivity contribution in [3.8, 4) is 34.0 Å². The molecule has 5 aromatic rings. The number of phenols is 1. The van der Waals surface area contributed by atoms with Gasteiger partial charge >= 0.3 is 12.1 Å². The van der Waals surface area contributed by atoms with Gasteiger partial charge in [0, 0.05) is 11.1 Å². The van der Waals surface area contributed by atoms with Crippen LogP contribution in [0.25, 0.3) is 33.3 Å². The Morgan fingerprint density at radius 3 is 2.28 bits per heavy atom. The summed E-state index contributed by atoms with van der Waals surface area (Å²) < 4.78 is 47.3. The first kappa shape index (κ1) is 25.8. The third-order valence-electron chi connectivity index (χ3n) is 6.69. The van der Waals surface area contributed by atoms with Crippen molar-refractivity contribution < 1.29 is 32.9 Å². The molecule has 0 saturated heterocycles. The van der Waals surface area contributed by atoms with E-state index in [0.717, 1.165) is 40.1 Å². The largest absolute Gasteiger partial charge is 0.507 e. The molecule has 198 valence electrons. The minimum absolute atomic E-state index is 0.0521. The number of nitrogens with zero attached hydrogens (tertiary/aromatic N) is 2. The average molecular weight is 533 g/mol. The van der Waals surface area contributed by atoms with E-state index in [1.54, 1.807) is 30.0 Å². The zero-order valence-electron chi connectivity index (χ0n) is 20.9. The highest BCUT2D eigenvalue weighted by molar-refractivity contribution is 5.89. The van der Waals surface area contributed by atoms with Gasteiger partial charge in [-0.2, -0.15) is 18.3 Å². The first-order chi connectivity index (χ1) is 18.5. The molecule has 39 heavy (non-hydrogen) atoms. The molecule has 9 heteroatoms. The number of carboxylic acid groups (broad SMARTS) is 1. The molecular formula is C30H23F3N2O4. The second-order valence-corrected chi connectivity index (χ2v) is 9.12. The van der Waals surface area contributed by atoms with E-state index in [2.05, 4.69) is 5.10 Å². The molecule has 1 unspecified atom stereocenters. The van der Waals surface area contributed by atoms with Crippen LogP contribution in [0.1, 0.15) is 34.5 Å². The van der Waals surface area contributed by atoms with Crippen LogP contribution in [0.2, 0.25) is 0 Å². The monoisotopic (exact) mass is 532 g/mol. The molecule has 0 aliphatic heterocycles. The van der Waals surface area contributed by atoms with E-state index >= 15 is 0 Å². The van der Waals surface area contributed by atoms with Crippen LogP contribution in [0.15, 0.2) is 84.9 Å². The van der Waals surface area contributed by atoms with Gasteiger partial charge < -0.3 is 14.9 Å². The summed E-state index contributed by atoms with van der Waals surface area (Å²) in [5, 5.41) is 26.2. The van der Waals surface area contributed by atoms with E-state index in [0.29, 0.717) is 11.4 Å². The number of aromatic nitrogens is 2. The normalized spacial score (nSPS) is 12.4. The van der Waals surface area contributed by atoms with E-state index in [1.807, 2.05) is 43.3 Å².